The van der Waals surface area contributed by atoms with E-state index >= 15 is 0 Å². The van der Waals surface area contributed by atoms with Crippen LogP contribution in [0.5, 0.6) is 0 Å². The first-order valence-corrected chi connectivity index (χ1v) is 5.68. The fourth-order valence-electron chi connectivity index (χ4n) is 1.38. The molecule has 0 amide bonds. The zero-order valence-corrected chi connectivity index (χ0v) is 10.5. The standard InChI is InChI=1S/C10H18Cl2O2/c1-4-6-7-9(3,5-2)10(11,12)8(13)14/h4-7H2,1-3H3,(H,13,14). The number of carboxylic acid groups (broad SMARTS) is 1. The van der Waals surface area contributed by atoms with Crippen LogP contribution in [0.4, 0.5) is 0 Å². The first-order valence-electron chi connectivity index (χ1n) is 4.93. The van der Waals surface area contributed by atoms with Gasteiger partial charge in [0.05, 0.1) is 0 Å². The van der Waals surface area contributed by atoms with E-state index in [0.29, 0.717) is 6.42 Å². The molecule has 0 rings (SSSR count). The highest BCUT2D eigenvalue weighted by Crippen LogP contribution is 2.47. The lowest BCUT2D eigenvalue weighted by molar-refractivity contribution is -0.140. The van der Waals surface area contributed by atoms with Gasteiger partial charge in [-0.15, -0.1) is 0 Å². The highest BCUT2D eigenvalue weighted by molar-refractivity contribution is 6.57. The molecule has 0 saturated carbocycles. The van der Waals surface area contributed by atoms with Gasteiger partial charge in [0.25, 0.3) is 0 Å². The maximum Gasteiger partial charge on any atom is 0.340 e. The van der Waals surface area contributed by atoms with E-state index in [4.69, 9.17) is 28.3 Å². The molecule has 0 spiro atoms. The second-order valence-electron chi connectivity index (χ2n) is 3.90. The van der Waals surface area contributed by atoms with Crippen molar-refractivity contribution in [3.8, 4) is 0 Å². The van der Waals surface area contributed by atoms with Gasteiger partial charge in [-0.05, 0) is 12.8 Å². The van der Waals surface area contributed by atoms with Crippen molar-refractivity contribution >= 4 is 29.2 Å². The summed E-state index contributed by atoms with van der Waals surface area (Å²) in [6, 6.07) is 0. The van der Waals surface area contributed by atoms with Crippen molar-refractivity contribution in [1.29, 1.82) is 0 Å². The van der Waals surface area contributed by atoms with E-state index in [2.05, 4.69) is 6.92 Å². The van der Waals surface area contributed by atoms with Gasteiger partial charge in [-0.3, -0.25) is 0 Å². The molecule has 2 nitrogen and oxygen atoms in total. The van der Waals surface area contributed by atoms with E-state index in [0.717, 1.165) is 19.3 Å². The van der Waals surface area contributed by atoms with Crippen LogP contribution >= 0.6 is 23.2 Å². The Morgan fingerprint density at radius 2 is 1.86 bits per heavy atom. The molecular weight excluding hydrogens is 223 g/mol. The van der Waals surface area contributed by atoms with Gasteiger partial charge in [0.2, 0.25) is 4.33 Å². The van der Waals surface area contributed by atoms with Crippen molar-refractivity contribution in [2.45, 2.75) is 50.8 Å². The van der Waals surface area contributed by atoms with Gasteiger partial charge >= 0.3 is 5.97 Å². The summed E-state index contributed by atoms with van der Waals surface area (Å²) in [5.74, 6) is -1.15. The number of aliphatic carboxylic acids is 1. The molecule has 0 heterocycles. The third-order valence-electron chi connectivity index (χ3n) is 2.89. The molecule has 0 bridgehead atoms. The molecular formula is C10H18Cl2O2. The molecule has 0 aromatic rings. The van der Waals surface area contributed by atoms with E-state index in [9.17, 15) is 4.79 Å². The van der Waals surface area contributed by atoms with Gasteiger partial charge in [-0.25, -0.2) is 4.79 Å². The number of alkyl halides is 2. The van der Waals surface area contributed by atoms with Crippen LogP contribution in [-0.4, -0.2) is 15.4 Å². The Balaban J connectivity index is 4.73. The summed E-state index contributed by atoms with van der Waals surface area (Å²) in [5.41, 5.74) is -0.558. The van der Waals surface area contributed by atoms with Crippen LogP contribution < -0.4 is 0 Å². The number of carboxylic acids is 1. The zero-order valence-electron chi connectivity index (χ0n) is 8.94. The molecule has 0 aliphatic heterocycles. The van der Waals surface area contributed by atoms with Crippen LogP contribution in [0, 0.1) is 5.41 Å². The van der Waals surface area contributed by atoms with Gasteiger partial charge in [-0.1, -0.05) is 56.8 Å². The molecule has 0 aliphatic carbocycles. The lowest BCUT2D eigenvalue weighted by atomic mass is 9.78. The van der Waals surface area contributed by atoms with Crippen LogP contribution in [-0.2, 0) is 4.79 Å². The molecule has 0 aliphatic rings. The highest BCUT2D eigenvalue weighted by atomic mass is 35.5. The van der Waals surface area contributed by atoms with Crippen molar-refractivity contribution in [2.75, 3.05) is 0 Å². The number of hydrogen-bond donors (Lipinski definition) is 1. The van der Waals surface area contributed by atoms with E-state index in [1.54, 1.807) is 0 Å². The molecule has 0 aromatic heterocycles. The van der Waals surface area contributed by atoms with Crippen molar-refractivity contribution in [3.63, 3.8) is 0 Å². The molecule has 0 fully saturated rings. The molecule has 1 N–H and O–H groups in total. The first-order chi connectivity index (χ1) is 6.31. The summed E-state index contributed by atoms with van der Waals surface area (Å²) in [7, 11) is 0. The van der Waals surface area contributed by atoms with E-state index in [1.807, 2.05) is 13.8 Å². The minimum absolute atomic E-state index is 0.558. The Morgan fingerprint density at radius 1 is 1.36 bits per heavy atom. The number of unbranched alkanes of at least 4 members (excludes halogenated alkanes) is 1. The number of carbonyl (C=O) groups is 1. The quantitative estimate of drug-likeness (QED) is 0.717. The molecule has 4 heteroatoms. The predicted octanol–water partition coefficient (Wildman–Crippen LogP) is 3.85. The minimum Gasteiger partial charge on any atom is -0.479 e. The average Bonchev–Trinajstić information content (AvgIpc) is 2.13. The van der Waals surface area contributed by atoms with Crippen LogP contribution in [0.15, 0.2) is 0 Å². The lowest BCUT2D eigenvalue weighted by Gasteiger charge is -2.36. The minimum atomic E-state index is -1.68. The normalized spacial score (nSPS) is 16.4. The van der Waals surface area contributed by atoms with Crippen LogP contribution in [0.2, 0.25) is 0 Å². The zero-order chi connectivity index (χ0) is 11.4. The summed E-state index contributed by atoms with van der Waals surface area (Å²) in [6.45, 7) is 5.80. The smallest absolute Gasteiger partial charge is 0.340 e. The largest absolute Gasteiger partial charge is 0.479 e. The second kappa shape index (κ2) is 5.22. The second-order valence-corrected chi connectivity index (χ2v) is 5.22. The van der Waals surface area contributed by atoms with Crippen molar-refractivity contribution in [1.82, 2.24) is 0 Å². The van der Waals surface area contributed by atoms with Gasteiger partial charge in [-0.2, -0.15) is 0 Å². The van der Waals surface area contributed by atoms with Crippen molar-refractivity contribution in [2.24, 2.45) is 5.41 Å². The first kappa shape index (κ1) is 14.1. The van der Waals surface area contributed by atoms with Crippen molar-refractivity contribution in [3.05, 3.63) is 0 Å². The Bertz CT molecular complexity index is 204. The topological polar surface area (TPSA) is 37.3 Å². The highest BCUT2D eigenvalue weighted by Gasteiger charge is 2.50. The molecule has 0 radical (unpaired) electrons. The Kier molecular flexibility index (Phi) is 5.24. The summed E-state index contributed by atoms with van der Waals surface area (Å²) in [6.07, 6.45) is 3.35. The SMILES string of the molecule is CCCCC(C)(CC)C(Cl)(Cl)C(=O)O. The number of halogens is 2. The maximum atomic E-state index is 10.9. The predicted molar refractivity (Wildman–Crippen MR) is 60.0 cm³/mol. The molecule has 0 saturated heterocycles. The third-order valence-corrected chi connectivity index (χ3v) is 4.12. The summed E-state index contributed by atoms with van der Waals surface area (Å²) < 4.78 is -1.68. The monoisotopic (exact) mass is 240 g/mol. The fraction of sp³-hybridized carbons (Fsp3) is 0.900. The van der Waals surface area contributed by atoms with Gasteiger partial charge in [0.15, 0.2) is 0 Å². The summed E-state index contributed by atoms with van der Waals surface area (Å²) in [5, 5.41) is 8.94. The third kappa shape index (κ3) is 2.77. The lowest BCUT2D eigenvalue weighted by Crippen LogP contribution is -2.43. The van der Waals surface area contributed by atoms with Gasteiger partial charge in [0, 0.05) is 5.41 Å². The molecule has 84 valence electrons. The van der Waals surface area contributed by atoms with Crippen molar-refractivity contribution < 1.29 is 9.90 Å². The van der Waals surface area contributed by atoms with E-state index in [-0.39, 0.29) is 0 Å². The summed E-state index contributed by atoms with van der Waals surface area (Å²) >= 11 is 11.8. The maximum absolute atomic E-state index is 10.9. The van der Waals surface area contributed by atoms with Gasteiger partial charge < -0.3 is 5.11 Å². The molecule has 1 atom stereocenters. The van der Waals surface area contributed by atoms with E-state index < -0.39 is 15.7 Å². The van der Waals surface area contributed by atoms with Crippen LogP contribution in [0.25, 0.3) is 0 Å². The van der Waals surface area contributed by atoms with Crippen LogP contribution in [0.3, 0.4) is 0 Å². The summed E-state index contributed by atoms with van der Waals surface area (Å²) in [4.78, 5) is 10.9. The Labute approximate surface area is 95.6 Å². The number of rotatable bonds is 6. The van der Waals surface area contributed by atoms with Crippen LogP contribution in [0.1, 0.15) is 46.5 Å². The molecule has 14 heavy (non-hydrogen) atoms. The van der Waals surface area contributed by atoms with Gasteiger partial charge in [0.1, 0.15) is 0 Å². The van der Waals surface area contributed by atoms with E-state index in [1.165, 1.54) is 0 Å². The molecule has 0 aromatic carbocycles. The number of hydrogen-bond acceptors (Lipinski definition) is 1. The molecule has 1 unspecified atom stereocenters. The fourth-order valence-corrected chi connectivity index (χ4v) is 1.84. The Hall–Kier alpha value is 0.0500. The average molecular weight is 241 g/mol. The Morgan fingerprint density at radius 3 is 2.14 bits per heavy atom.